The minimum absolute atomic E-state index is 0.330. The summed E-state index contributed by atoms with van der Waals surface area (Å²) in [7, 11) is 0. The van der Waals surface area contributed by atoms with Crippen LogP contribution in [0.25, 0.3) is 0 Å². The number of hydrogen-bond donors (Lipinski definition) is 1. The van der Waals surface area contributed by atoms with Crippen molar-refractivity contribution in [3.05, 3.63) is 35.9 Å². The molecule has 0 heterocycles. The minimum atomic E-state index is -0.513. The lowest BCUT2D eigenvalue weighted by atomic mass is 9.86. The second-order valence-corrected chi connectivity index (χ2v) is 5.24. The van der Waals surface area contributed by atoms with Gasteiger partial charge in [-0.05, 0) is 36.7 Å². The lowest BCUT2D eigenvalue weighted by Crippen LogP contribution is -2.34. The third-order valence-corrected chi connectivity index (χ3v) is 3.94. The predicted molar refractivity (Wildman–Crippen MR) is 62.8 cm³/mol. The van der Waals surface area contributed by atoms with Crippen LogP contribution < -0.4 is 0 Å². The Kier molecular flexibility index (Phi) is 2.59. The van der Waals surface area contributed by atoms with Crippen LogP contribution in [0.15, 0.2) is 30.3 Å². The van der Waals surface area contributed by atoms with Crippen molar-refractivity contribution in [2.75, 3.05) is 0 Å². The molecule has 15 heavy (non-hydrogen) atoms. The van der Waals surface area contributed by atoms with E-state index in [0.717, 1.165) is 6.42 Å². The molecule has 1 aromatic rings. The van der Waals surface area contributed by atoms with Crippen LogP contribution in [0.1, 0.15) is 38.7 Å². The Morgan fingerprint density at radius 3 is 2.40 bits per heavy atom. The molecule has 2 rings (SSSR count). The van der Waals surface area contributed by atoms with Gasteiger partial charge in [-0.1, -0.05) is 44.2 Å². The number of benzene rings is 1. The van der Waals surface area contributed by atoms with Gasteiger partial charge in [0.2, 0.25) is 0 Å². The van der Waals surface area contributed by atoms with Crippen LogP contribution in [0.2, 0.25) is 0 Å². The second-order valence-electron chi connectivity index (χ2n) is 5.24. The van der Waals surface area contributed by atoms with Gasteiger partial charge < -0.3 is 5.11 Å². The molecule has 3 atom stereocenters. The summed E-state index contributed by atoms with van der Waals surface area (Å²) in [6.07, 6.45) is 1.13. The van der Waals surface area contributed by atoms with Crippen molar-refractivity contribution in [1.82, 2.24) is 0 Å². The van der Waals surface area contributed by atoms with Gasteiger partial charge in [-0.25, -0.2) is 0 Å². The number of rotatable bonds is 3. The molecule has 1 aliphatic carbocycles. The average Bonchev–Trinajstić information content (AvgIpc) is 2.98. The van der Waals surface area contributed by atoms with Gasteiger partial charge in [-0.2, -0.15) is 0 Å². The van der Waals surface area contributed by atoms with E-state index in [1.165, 1.54) is 5.56 Å². The highest BCUT2D eigenvalue weighted by atomic mass is 16.3. The third kappa shape index (κ3) is 1.93. The molecule has 1 heteroatoms. The normalized spacial score (nSPS) is 28.9. The maximum absolute atomic E-state index is 10.4. The highest BCUT2D eigenvalue weighted by Crippen LogP contribution is 2.55. The van der Waals surface area contributed by atoms with Crippen molar-refractivity contribution < 1.29 is 5.11 Å². The highest BCUT2D eigenvalue weighted by Gasteiger charge is 2.50. The fraction of sp³-hybridized carbons (Fsp3) is 0.571. The third-order valence-electron chi connectivity index (χ3n) is 3.94. The van der Waals surface area contributed by atoms with Crippen LogP contribution in [0.3, 0.4) is 0 Å². The van der Waals surface area contributed by atoms with Gasteiger partial charge in [0.15, 0.2) is 0 Å². The zero-order valence-corrected chi connectivity index (χ0v) is 9.77. The van der Waals surface area contributed by atoms with E-state index in [-0.39, 0.29) is 0 Å². The summed E-state index contributed by atoms with van der Waals surface area (Å²) < 4.78 is 0. The van der Waals surface area contributed by atoms with Gasteiger partial charge in [0, 0.05) is 0 Å². The first-order valence-electron chi connectivity index (χ1n) is 5.80. The van der Waals surface area contributed by atoms with Crippen molar-refractivity contribution in [3.63, 3.8) is 0 Å². The molecule has 1 fully saturated rings. The van der Waals surface area contributed by atoms with E-state index >= 15 is 0 Å². The Morgan fingerprint density at radius 1 is 1.27 bits per heavy atom. The molecule has 0 aliphatic heterocycles. The highest BCUT2D eigenvalue weighted by molar-refractivity contribution is 5.27. The van der Waals surface area contributed by atoms with E-state index in [9.17, 15) is 5.11 Å². The van der Waals surface area contributed by atoms with Gasteiger partial charge in [0.25, 0.3) is 0 Å². The van der Waals surface area contributed by atoms with Crippen molar-refractivity contribution in [3.8, 4) is 0 Å². The minimum Gasteiger partial charge on any atom is -0.390 e. The van der Waals surface area contributed by atoms with Gasteiger partial charge in [-0.3, -0.25) is 0 Å². The molecule has 1 nitrogen and oxygen atoms in total. The fourth-order valence-corrected chi connectivity index (χ4v) is 2.34. The lowest BCUT2D eigenvalue weighted by molar-refractivity contribution is -0.00989. The second kappa shape index (κ2) is 3.64. The maximum Gasteiger partial charge on any atom is 0.0676 e. The summed E-state index contributed by atoms with van der Waals surface area (Å²) in [6.45, 7) is 6.17. The Balaban J connectivity index is 2.09. The molecular formula is C14H20O. The molecular weight excluding hydrogens is 184 g/mol. The van der Waals surface area contributed by atoms with Crippen LogP contribution in [-0.2, 0) is 0 Å². The van der Waals surface area contributed by atoms with Crippen LogP contribution in [0.5, 0.6) is 0 Å². The molecule has 0 saturated heterocycles. The monoisotopic (exact) mass is 204 g/mol. The topological polar surface area (TPSA) is 20.2 Å². The SMILES string of the molecule is CC(C)C(C)(O)C1CC1c1ccccc1. The number of aliphatic hydroxyl groups is 1. The van der Waals surface area contributed by atoms with Crippen LogP contribution in [0.4, 0.5) is 0 Å². The molecule has 0 spiro atoms. The van der Waals surface area contributed by atoms with E-state index in [4.69, 9.17) is 0 Å². The summed E-state index contributed by atoms with van der Waals surface area (Å²) in [6, 6.07) is 10.5. The summed E-state index contributed by atoms with van der Waals surface area (Å²) in [5.74, 6) is 1.35. The van der Waals surface area contributed by atoms with E-state index in [0.29, 0.717) is 17.8 Å². The molecule has 1 aliphatic rings. The van der Waals surface area contributed by atoms with Gasteiger partial charge in [0.05, 0.1) is 5.60 Å². The molecule has 0 amide bonds. The molecule has 0 radical (unpaired) electrons. The van der Waals surface area contributed by atoms with Crippen molar-refractivity contribution in [1.29, 1.82) is 0 Å². The summed E-state index contributed by atoms with van der Waals surface area (Å²) in [5.41, 5.74) is 0.865. The summed E-state index contributed by atoms with van der Waals surface area (Å²) in [4.78, 5) is 0. The van der Waals surface area contributed by atoms with Crippen LogP contribution in [-0.4, -0.2) is 10.7 Å². The van der Waals surface area contributed by atoms with E-state index in [2.05, 4.69) is 38.1 Å². The molecule has 0 bridgehead atoms. The zero-order chi connectivity index (χ0) is 11.1. The Hall–Kier alpha value is -0.820. The predicted octanol–water partition coefficient (Wildman–Crippen LogP) is 3.20. The Morgan fingerprint density at radius 2 is 1.87 bits per heavy atom. The van der Waals surface area contributed by atoms with E-state index < -0.39 is 5.60 Å². The van der Waals surface area contributed by atoms with Crippen molar-refractivity contribution >= 4 is 0 Å². The molecule has 1 saturated carbocycles. The molecule has 3 unspecified atom stereocenters. The number of hydrogen-bond acceptors (Lipinski definition) is 1. The molecule has 1 aromatic carbocycles. The van der Waals surface area contributed by atoms with Crippen molar-refractivity contribution in [2.24, 2.45) is 11.8 Å². The quantitative estimate of drug-likeness (QED) is 0.801. The zero-order valence-electron chi connectivity index (χ0n) is 9.77. The Labute approximate surface area is 92.1 Å². The summed E-state index contributed by atoms with van der Waals surface area (Å²) >= 11 is 0. The first-order chi connectivity index (χ1) is 7.03. The van der Waals surface area contributed by atoms with E-state index in [1.54, 1.807) is 0 Å². The summed E-state index contributed by atoms with van der Waals surface area (Å²) in [5, 5.41) is 10.4. The molecule has 1 N–H and O–H groups in total. The largest absolute Gasteiger partial charge is 0.390 e. The van der Waals surface area contributed by atoms with E-state index in [1.807, 2.05) is 13.0 Å². The van der Waals surface area contributed by atoms with Crippen LogP contribution in [0, 0.1) is 11.8 Å². The van der Waals surface area contributed by atoms with Gasteiger partial charge in [0.1, 0.15) is 0 Å². The van der Waals surface area contributed by atoms with Crippen molar-refractivity contribution in [2.45, 2.75) is 38.7 Å². The first kappa shape index (κ1) is 10.7. The van der Waals surface area contributed by atoms with Gasteiger partial charge in [-0.15, -0.1) is 0 Å². The fourth-order valence-electron chi connectivity index (χ4n) is 2.34. The maximum atomic E-state index is 10.4. The molecule has 82 valence electrons. The Bertz CT molecular complexity index is 326. The van der Waals surface area contributed by atoms with Crippen LogP contribution >= 0.6 is 0 Å². The molecule has 0 aromatic heterocycles. The first-order valence-corrected chi connectivity index (χ1v) is 5.80. The average molecular weight is 204 g/mol. The van der Waals surface area contributed by atoms with Gasteiger partial charge >= 0.3 is 0 Å². The smallest absolute Gasteiger partial charge is 0.0676 e. The lowest BCUT2D eigenvalue weighted by Gasteiger charge is -2.28. The standard InChI is InChI=1S/C14H20O/c1-10(2)14(3,15)13-9-12(13)11-7-5-4-6-8-11/h4-8,10,12-13,15H,9H2,1-3H3.